The Labute approximate surface area is 179 Å². The van der Waals surface area contributed by atoms with Gasteiger partial charge in [0.05, 0.1) is 12.7 Å². The van der Waals surface area contributed by atoms with E-state index >= 15 is 0 Å². The van der Waals surface area contributed by atoms with E-state index in [-0.39, 0.29) is 11.4 Å². The number of aromatic carboxylic acids is 2. The smallest absolute Gasteiger partial charge is 0.356 e. The molecule has 0 bridgehead atoms. The van der Waals surface area contributed by atoms with Crippen LogP contribution in [0.3, 0.4) is 0 Å². The number of aromatic nitrogens is 4. The monoisotopic (exact) mass is 418 g/mol. The molecule has 0 atom stereocenters. The second-order valence-electron chi connectivity index (χ2n) is 6.94. The van der Waals surface area contributed by atoms with Gasteiger partial charge in [0.15, 0.2) is 11.4 Å². The number of aryl methyl sites for hydroxylation is 1. The molecule has 0 radical (unpaired) electrons. The Bertz CT molecular complexity index is 1150. The number of imidazole rings is 2. The van der Waals surface area contributed by atoms with Crippen molar-refractivity contribution in [3.8, 4) is 0 Å². The van der Waals surface area contributed by atoms with Gasteiger partial charge in [0, 0.05) is 25.5 Å². The van der Waals surface area contributed by atoms with Crippen molar-refractivity contribution < 1.29 is 19.8 Å². The molecule has 0 aliphatic carbocycles. The molecule has 2 aromatic carbocycles. The summed E-state index contributed by atoms with van der Waals surface area (Å²) in [6.45, 7) is 3.31. The Morgan fingerprint density at radius 1 is 0.742 bits per heavy atom. The number of nitrogens with zero attached hydrogens (tertiary/aromatic N) is 4. The lowest BCUT2D eigenvalue weighted by atomic mass is 10.1. The van der Waals surface area contributed by atoms with Crippen LogP contribution in [0.15, 0.2) is 79.6 Å². The maximum atomic E-state index is 10.6. The molecule has 8 heteroatoms. The van der Waals surface area contributed by atoms with Crippen LogP contribution in [0.25, 0.3) is 0 Å². The molecule has 4 rings (SSSR count). The zero-order valence-corrected chi connectivity index (χ0v) is 16.9. The lowest BCUT2D eigenvalue weighted by molar-refractivity contribution is 0.0680. The van der Waals surface area contributed by atoms with Crippen molar-refractivity contribution in [1.29, 1.82) is 0 Å². The molecule has 0 saturated heterocycles. The number of carboxylic acids is 2. The van der Waals surface area contributed by atoms with Crippen LogP contribution in [0.5, 0.6) is 0 Å². The topological polar surface area (TPSA) is 110 Å². The van der Waals surface area contributed by atoms with Gasteiger partial charge in [0.1, 0.15) is 0 Å². The van der Waals surface area contributed by atoms with E-state index in [1.807, 2.05) is 61.5 Å². The van der Waals surface area contributed by atoms with Gasteiger partial charge in [0.2, 0.25) is 0 Å². The van der Waals surface area contributed by atoms with Crippen molar-refractivity contribution in [2.24, 2.45) is 0 Å². The Morgan fingerprint density at radius 2 is 1.19 bits per heavy atom. The largest absolute Gasteiger partial charge is 0.476 e. The van der Waals surface area contributed by atoms with Gasteiger partial charge in [-0.05, 0) is 18.1 Å². The molecule has 2 N–H and O–H groups in total. The highest BCUT2D eigenvalue weighted by atomic mass is 16.4. The third-order valence-corrected chi connectivity index (χ3v) is 4.40. The van der Waals surface area contributed by atoms with E-state index in [0.717, 1.165) is 11.1 Å². The third kappa shape index (κ3) is 6.40. The quantitative estimate of drug-likeness (QED) is 0.495. The van der Waals surface area contributed by atoms with Crippen LogP contribution in [0.1, 0.15) is 37.7 Å². The van der Waals surface area contributed by atoms with Gasteiger partial charge in [-0.1, -0.05) is 60.2 Å². The Hall–Kier alpha value is -4.20. The number of hydrogen-bond donors (Lipinski definition) is 2. The van der Waals surface area contributed by atoms with Crippen molar-refractivity contribution >= 4 is 11.9 Å². The summed E-state index contributed by atoms with van der Waals surface area (Å²) in [5, 5.41) is 17.4. The molecular formula is C23H22N4O4. The van der Waals surface area contributed by atoms with Crippen LogP contribution in [0.2, 0.25) is 0 Å². The number of carboxylic acid groups (broad SMARTS) is 2. The van der Waals surface area contributed by atoms with Crippen molar-refractivity contribution in [2.75, 3.05) is 0 Å². The summed E-state index contributed by atoms with van der Waals surface area (Å²) in [6, 6.07) is 17.9. The van der Waals surface area contributed by atoms with Crippen molar-refractivity contribution in [1.82, 2.24) is 19.1 Å². The summed E-state index contributed by atoms with van der Waals surface area (Å²) in [7, 11) is 0. The third-order valence-electron chi connectivity index (χ3n) is 4.40. The number of carbonyl (C=O) groups is 2. The van der Waals surface area contributed by atoms with Gasteiger partial charge in [0.25, 0.3) is 0 Å². The van der Waals surface area contributed by atoms with Gasteiger partial charge in [-0.2, -0.15) is 0 Å². The highest BCUT2D eigenvalue weighted by Crippen LogP contribution is 2.06. The second-order valence-corrected chi connectivity index (χ2v) is 6.94. The van der Waals surface area contributed by atoms with E-state index in [0.29, 0.717) is 13.1 Å². The fourth-order valence-electron chi connectivity index (χ4n) is 2.81. The molecule has 2 aromatic heterocycles. The number of hydrogen-bond acceptors (Lipinski definition) is 4. The normalized spacial score (nSPS) is 10.2. The molecule has 0 amide bonds. The molecule has 0 fully saturated rings. The summed E-state index contributed by atoms with van der Waals surface area (Å²) in [4.78, 5) is 28.8. The lowest BCUT2D eigenvalue weighted by Gasteiger charge is -2.02. The fourth-order valence-corrected chi connectivity index (χ4v) is 2.81. The molecule has 0 aliphatic heterocycles. The first kappa shape index (κ1) is 21.5. The van der Waals surface area contributed by atoms with E-state index in [9.17, 15) is 9.59 Å². The molecular weight excluding hydrogens is 396 g/mol. The molecule has 0 spiro atoms. The number of benzene rings is 2. The lowest BCUT2D eigenvalue weighted by Crippen LogP contribution is -1.98. The highest BCUT2D eigenvalue weighted by molar-refractivity contribution is 5.85. The van der Waals surface area contributed by atoms with E-state index in [2.05, 4.69) is 9.97 Å². The minimum absolute atomic E-state index is 0.0749. The Morgan fingerprint density at radius 3 is 1.61 bits per heavy atom. The molecule has 0 saturated carbocycles. The van der Waals surface area contributed by atoms with Crippen LogP contribution in [0.4, 0.5) is 0 Å². The second kappa shape index (κ2) is 10.0. The van der Waals surface area contributed by atoms with Gasteiger partial charge in [-0.3, -0.25) is 0 Å². The predicted molar refractivity (Wildman–Crippen MR) is 114 cm³/mol. The standard InChI is InChI=1S/C12H12N2O2.C11H10N2O2/c1-9-2-4-10(5-3-9)6-14-7-11(12(15)16)13-8-14;14-11(15)10-7-13(8-12-10)6-9-4-2-1-3-5-9/h2-5,7-8H,6H2,1H3,(H,15,16);1-5,7-8H,6H2,(H,14,15). The Kier molecular flexibility index (Phi) is 6.95. The van der Waals surface area contributed by atoms with E-state index < -0.39 is 11.9 Å². The molecule has 158 valence electrons. The molecule has 4 aromatic rings. The maximum absolute atomic E-state index is 10.6. The van der Waals surface area contributed by atoms with E-state index in [1.165, 1.54) is 30.6 Å². The summed E-state index contributed by atoms with van der Waals surface area (Å²) >= 11 is 0. The molecule has 2 heterocycles. The van der Waals surface area contributed by atoms with Crippen LogP contribution in [0, 0.1) is 6.92 Å². The van der Waals surface area contributed by atoms with Crippen molar-refractivity contribution in [2.45, 2.75) is 20.0 Å². The average Bonchev–Trinajstić information content (AvgIpc) is 3.41. The molecule has 0 aliphatic rings. The highest BCUT2D eigenvalue weighted by Gasteiger charge is 2.07. The van der Waals surface area contributed by atoms with Gasteiger partial charge < -0.3 is 19.3 Å². The van der Waals surface area contributed by atoms with Gasteiger partial charge in [-0.15, -0.1) is 0 Å². The van der Waals surface area contributed by atoms with Gasteiger partial charge in [-0.25, -0.2) is 19.6 Å². The zero-order valence-electron chi connectivity index (χ0n) is 16.9. The molecule has 8 nitrogen and oxygen atoms in total. The fraction of sp³-hybridized carbons (Fsp3) is 0.130. The predicted octanol–water partition coefficient (Wildman–Crippen LogP) is 3.57. The molecule has 0 unspecified atom stereocenters. The first-order valence-electron chi connectivity index (χ1n) is 9.50. The zero-order chi connectivity index (χ0) is 22.2. The van der Waals surface area contributed by atoms with Crippen molar-refractivity contribution in [3.63, 3.8) is 0 Å². The van der Waals surface area contributed by atoms with E-state index in [4.69, 9.17) is 10.2 Å². The van der Waals surface area contributed by atoms with Gasteiger partial charge >= 0.3 is 11.9 Å². The van der Waals surface area contributed by atoms with Crippen LogP contribution in [-0.4, -0.2) is 41.3 Å². The minimum atomic E-state index is -0.998. The minimum Gasteiger partial charge on any atom is -0.476 e. The Balaban J connectivity index is 0.000000176. The first-order chi connectivity index (χ1) is 14.9. The average molecular weight is 418 g/mol. The SMILES string of the molecule is Cc1ccc(Cn2cnc(C(=O)O)c2)cc1.O=C(O)c1cn(Cc2ccccc2)cn1. The maximum Gasteiger partial charge on any atom is 0.356 e. The summed E-state index contributed by atoms with van der Waals surface area (Å²) in [6.07, 6.45) is 6.11. The van der Waals surface area contributed by atoms with Crippen molar-refractivity contribution in [3.05, 3.63) is 108 Å². The molecule has 31 heavy (non-hydrogen) atoms. The first-order valence-corrected chi connectivity index (χ1v) is 9.50. The summed E-state index contributed by atoms with van der Waals surface area (Å²) < 4.78 is 3.51. The summed E-state index contributed by atoms with van der Waals surface area (Å²) in [5.41, 5.74) is 3.60. The van der Waals surface area contributed by atoms with E-state index in [1.54, 1.807) is 9.13 Å². The summed E-state index contributed by atoms with van der Waals surface area (Å²) in [5.74, 6) is -2.00. The van der Waals surface area contributed by atoms with Crippen LogP contribution < -0.4 is 0 Å². The van der Waals surface area contributed by atoms with Crippen LogP contribution in [-0.2, 0) is 13.1 Å². The van der Waals surface area contributed by atoms with Crippen LogP contribution >= 0.6 is 0 Å². The number of rotatable bonds is 6.